The molecule has 5 heteroatoms. The molecule has 0 aromatic heterocycles. The minimum Gasteiger partial charge on any atom is -0.477 e. The van der Waals surface area contributed by atoms with E-state index in [1.54, 1.807) is 6.20 Å². The molecule has 1 rings (SSSR count). The number of nitrogens with two attached hydrogens (primary N) is 1. The SMILES string of the molecule is CCCCCCCCCCCCCCC/C=C/CCCCCCC1=NC=C[N+]1(CCN)CC(=O)O. The molecule has 1 heterocycles. The summed E-state index contributed by atoms with van der Waals surface area (Å²) < 4.78 is 0.299. The number of quaternary nitrogens is 1. The molecule has 35 heavy (non-hydrogen) atoms. The molecule has 0 saturated carbocycles. The lowest BCUT2D eigenvalue weighted by atomic mass is 10.0. The molecule has 1 unspecified atom stereocenters. The smallest absolute Gasteiger partial charge is 0.360 e. The van der Waals surface area contributed by atoms with Crippen molar-refractivity contribution in [2.24, 2.45) is 10.7 Å². The van der Waals surface area contributed by atoms with E-state index in [2.05, 4.69) is 24.1 Å². The summed E-state index contributed by atoms with van der Waals surface area (Å²) >= 11 is 0. The highest BCUT2D eigenvalue weighted by Gasteiger charge is 2.36. The van der Waals surface area contributed by atoms with Crippen LogP contribution in [0.25, 0.3) is 0 Å². The van der Waals surface area contributed by atoms with Crippen molar-refractivity contribution < 1.29 is 14.4 Å². The standard InChI is InChI=1S/C30H55N3O2/c1-2-3-4-5-6-7-8-9-10-11-12-13-14-15-16-17-18-19-20-21-22-23-29-32-25-27-33(29,26-24-31)28-30(34)35/h16-17,25,27H,2-15,18-24,26,28,31H2,1H3/p+1/b17-16+. The second kappa shape index (κ2) is 21.8. The number of amidine groups is 1. The average molecular weight is 491 g/mol. The molecule has 0 spiro atoms. The Bertz CT molecular complexity index is 615. The third-order valence-corrected chi connectivity index (χ3v) is 7.20. The quantitative estimate of drug-likeness (QED) is 0.0771. The van der Waals surface area contributed by atoms with Gasteiger partial charge >= 0.3 is 5.97 Å². The summed E-state index contributed by atoms with van der Waals surface area (Å²) in [7, 11) is 0. The van der Waals surface area contributed by atoms with E-state index in [-0.39, 0.29) is 6.54 Å². The van der Waals surface area contributed by atoms with Crippen LogP contribution in [-0.4, -0.2) is 41.0 Å². The zero-order valence-corrected chi connectivity index (χ0v) is 22.9. The number of hydrogen-bond acceptors (Lipinski definition) is 3. The van der Waals surface area contributed by atoms with Crippen molar-refractivity contribution in [2.75, 3.05) is 19.6 Å². The number of carboxylic acid groups (broad SMARTS) is 1. The van der Waals surface area contributed by atoms with Gasteiger partial charge in [0.2, 0.25) is 5.84 Å². The second-order valence-corrected chi connectivity index (χ2v) is 10.4. The molecule has 0 aromatic carbocycles. The van der Waals surface area contributed by atoms with Crippen molar-refractivity contribution in [1.82, 2.24) is 0 Å². The van der Waals surface area contributed by atoms with Gasteiger partial charge in [-0.25, -0.2) is 14.3 Å². The highest BCUT2D eigenvalue weighted by molar-refractivity contribution is 5.81. The molecular weight excluding hydrogens is 434 g/mol. The van der Waals surface area contributed by atoms with E-state index in [0.29, 0.717) is 17.6 Å². The topological polar surface area (TPSA) is 75.7 Å². The predicted octanol–water partition coefficient (Wildman–Crippen LogP) is 8.11. The number of nitrogens with zero attached hydrogens (tertiary/aromatic N) is 2. The van der Waals surface area contributed by atoms with E-state index in [1.807, 2.05) is 6.20 Å². The Morgan fingerprint density at radius 1 is 0.829 bits per heavy atom. The van der Waals surface area contributed by atoms with Gasteiger partial charge in [-0.15, -0.1) is 0 Å². The largest absolute Gasteiger partial charge is 0.477 e. The summed E-state index contributed by atoms with van der Waals surface area (Å²) in [4.78, 5) is 15.8. The lowest BCUT2D eigenvalue weighted by Crippen LogP contribution is -2.52. The summed E-state index contributed by atoms with van der Waals surface area (Å²) in [5.41, 5.74) is 5.74. The van der Waals surface area contributed by atoms with Crippen molar-refractivity contribution in [2.45, 2.75) is 135 Å². The molecule has 3 N–H and O–H groups in total. The van der Waals surface area contributed by atoms with Crippen LogP contribution in [-0.2, 0) is 4.79 Å². The van der Waals surface area contributed by atoms with Crippen LogP contribution in [0.15, 0.2) is 29.5 Å². The highest BCUT2D eigenvalue weighted by Crippen LogP contribution is 2.21. The zero-order chi connectivity index (χ0) is 25.5. The van der Waals surface area contributed by atoms with Gasteiger partial charge in [0.05, 0.1) is 6.20 Å². The molecule has 0 amide bonds. The van der Waals surface area contributed by atoms with Crippen LogP contribution in [0, 0.1) is 0 Å². The van der Waals surface area contributed by atoms with Crippen LogP contribution >= 0.6 is 0 Å². The van der Waals surface area contributed by atoms with Gasteiger partial charge in [-0.2, -0.15) is 0 Å². The summed E-state index contributed by atoms with van der Waals surface area (Å²) in [6.45, 7) is 3.39. The lowest BCUT2D eigenvalue weighted by Gasteiger charge is -2.30. The van der Waals surface area contributed by atoms with Gasteiger partial charge in [-0.1, -0.05) is 109 Å². The number of carbonyl (C=O) groups is 1. The molecule has 0 radical (unpaired) electrons. The average Bonchev–Trinajstić information content (AvgIpc) is 3.21. The first-order valence-electron chi connectivity index (χ1n) is 14.8. The lowest BCUT2D eigenvalue weighted by molar-refractivity contribution is -0.778. The third kappa shape index (κ3) is 16.0. The Morgan fingerprint density at radius 2 is 1.31 bits per heavy atom. The van der Waals surface area contributed by atoms with E-state index in [9.17, 15) is 9.90 Å². The van der Waals surface area contributed by atoms with Crippen molar-refractivity contribution in [3.8, 4) is 0 Å². The van der Waals surface area contributed by atoms with Gasteiger partial charge in [-0.05, 0) is 32.1 Å². The first kappa shape index (κ1) is 31.6. The number of aliphatic carboxylic acids is 1. The Kier molecular flexibility index (Phi) is 19.7. The fourth-order valence-corrected chi connectivity index (χ4v) is 5.05. The van der Waals surface area contributed by atoms with Crippen LogP contribution in [0.5, 0.6) is 0 Å². The summed E-state index contributed by atoms with van der Waals surface area (Å²) in [6, 6.07) is 0. The number of carboxylic acids is 1. The molecule has 5 nitrogen and oxygen atoms in total. The van der Waals surface area contributed by atoms with Gasteiger partial charge in [0.15, 0.2) is 6.54 Å². The second-order valence-electron chi connectivity index (χ2n) is 10.4. The minimum atomic E-state index is -0.803. The van der Waals surface area contributed by atoms with Crippen molar-refractivity contribution >= 4 is 11.8 Å². The Morgan fingerprint density at radius 3 is 1.80 bits per heavy atom. The van der Waals surface area contributed by atoms with Crippen molar-refractivity contribution in [3.63, 3.8) is 0 Å². The van der Waals surface area contributed by atoms with E-state index in [1.165, 1.54) is 116 Å². The van der Waals surface area contributed by atoms with E-state index < -0.39 is 5.97 Å². The third-order valence-electron chi connectivity index (χ3n) is 7.20. The fraction of sp³-hybridized carbons (Fsp3) is 0.800. The van der Waals surface area contributed by atoms with E-state index in [0.717, 1.165) is 18.7 Å². The molecule has 0 aromatic rings. The summed E-state index contributed by atoms with van der Waals surface area (Å²) in [5, 5.41) is 9.28. The van der Waals surface area contributed by atoms with Gasteiger partial charge in [0.25, 0.3) is 0 Å². The maximum absolute atomic E-state index is 11.3. The van der Waals surface area contributed by atoms with Crippen LogP contribution in [0.2, 0.25) is 0 Å². The number of rotatable bonds is 25. The van der Waals surface area contributed by atoms with Crippen molar-refractivity contribution in [1.29, 1.82) is 0 Å². The Hall–Kier alpha value is -1.46. The molecule has 0 saturated heterocycles. The number of hydrogen-bond donors (Lipinski definition) is 2. The predicted molar refractivity (Wildman–Crippen MR) is 150 cm³/mol. The van der Waals surface area contributed by atoms with Gasteiger partial charge < -0.3 is 10.8 Å². The molecule has 1 aliphatic rings. The van der Waals surface area contributed by atoms with Crippen LogP contribution in [0.3, 0.4) is 0 Å². The zero-order valence-electron chi connectivity index (χ0n) is 22.9. The molecule has 202 valence electrons. The van der Waals surface area contributed by atoms with Gasteiger partial charge in [0, 0.05) is 13.0 Å². The molecule has 1 atom stereocenters. The minimum absolute atomic E-state index is 0.0383. The van der Waals surface area contributed by atoms with E-state index >= 15 is 0 Å². The maximum atomic E-state index is 11.3. The van der Waals surface area contributed by atoms with E-state index in [4.69, 9.17) is 5.73 Å². The fourth-order valence-electron chi connectivity index (χ4n) is 5.05. The highest BCUT2D eigenvalue weighted by atomic mass is 16.4. The van der Waals surface area contributed by atoms with Crippen LogP contribution in [0.4, 0.5) is 0 Å². The first-order chi connectivity index (χ1) is 17.1. The first-order valence-corrected chi connectivity index (χ1v) is 14.8. The monoisotopic (exact) mass is 490 g/mol. The molecule has 0 fully saturated rings. The number of allylic oxidation sites excluding steroid dienone is 2. The Balaban J connectivity index is 1.90. The van der Waals surface area contributed by atoms with Gasteiger partial charge in [0.1, 0.15) is 12.7 Å². The summed E-state index contributed by atoms with van der Waals surface area (Å²) in [5.74, 6) is 0.152. The van der Waals surface area contributed by atoms with Crippen LogP contribution < -0.4 is 5.73 Å². The van der Waals surface area contributed by atoms with Crippen molar-refractivity contribution in [3.05, 3.63) is 24.6 Å². The molecule has 0 bridgehead atoms. The molecular formula is C30H56N3O2+. The number of aliphatic imine (C=N–C) groups is 1. The summed E-state index contributed by atoms with van der Waals surface area (Å²) in [6.07, 6.45) is 34.7. The maximum Gasteiger partial charge on any atom is 0.360 e. The Labute approximate surface area is 216 Å². The molecule has 1 aliphatic heterocycles. The van der Waals surface area contributed by atoms with Gasteiger partial charge in [-0.3, -0.25) is 0 Å². The molecule has 0 aliphatic carbocycles. The number of unbranched alkanes of at least 4 members (excludes halogenated alkanes) is 17. The van der Waals surface area contributed by atoms with Crippen LogP contribution in [0.1, 0.15) is 135 Å². The normalized spacial score (nSPS) is 17.5.